The molecule has 3 aromatic carbocycles. The van der Waals surface area contributed by atoms with Crippen LogP contribution in [0.3, 0.4) is 0 Å². The number of rotatable bonds is 3. The van der Waals surface area contributed by atoms with Crippen molar-refractivity contribution < 1.29 is 14.3 Å². The summed E-state index contributed by atoms with van der Waals surface area (Å²) < 4.78 is 5.78. The molecule has 0 unspecified atom stereocenters. The lowest BCUT2D eigenvalue weighted by molar-refractivity contribution is -0.116. The average molecular weight is 390 g/mol. The molecule has 0 aromatic heterocycles. The predicted octanol–water partition coefficient (Wildman–Crippen LogP) is 5.72. The SMILES string of the molecule is CC(=O)N1/C(=C/c2ccc(Oc3ccc(Cl)cc3)cc2)C(=O)c2ccccc21. The van der Waals surface area contributed by atoms with E-state index in [1.54, 1.807) is 48.5 Å². The highest BCUT2D eigenvalue weighted by molar-refractivity contribution is 6.30. The molecule has 5 heteroatoms. The number of anilines is 1. The van der Waals surface area contributed by atoms with Gasteiger partial charge in [0.2, 0.25) is 11.7 Å². The second kappa shape index (κ2) is 7.33. The maximum absolute atomic E-state index is 12.8. The van der Waals surface area contributed by atoms with Crippen LogP contribution >= 0.6 is 11.6 Å². The van der Waals surface area contributed by atoms with Gasteiger partial charge in [-0.1, -0.05) is 35.9 Å². The van der Waals surface area contributed by atoms with E-state index in [2.05, 4.69) is 0 Å². The van der Waals surface area contributed by atoms with Gasteiger partial charge in [-0.25, -0.2) is 0 Å². The minimum Gasteiger partial charge on any atom is -0.457 e. The number of Topliss-reactive ketones (excluding diaryl/α,β-unsaturated/α-hetero) is 1. The summed E-state index contributed by atoms with van der Waals surface area (Å²) in [5.41, 5.74) is 2.30. The number of allylic oxidation sites excluding steroid dienone is 1. The Balaban J connectivity index is 1.61. The minimum atomic E-state index is -0.202. The van der Waals surface area contributed by atoms with E-state index in [1.165, 1.54) is 11.8 Å². The standard InChI is InChI=1S/C23H16ClNO3/c1-15(26)25-21-5-3-2-4-20(21)23(27)22(25)14-16-6-10-18(11-7-16)28-19-12-8-17(24)9-13-19/h2-14H,1H3/b22-14+. The quantitative estimate of drug-likeness (QED) is 0.538. The topological polar surface area (TPSA) is 46.6 Å². The first-order chi connectivity index (χ1) is 13.5. The largest absolute Gasteiger partial charge is 0.457 e. The Labute approximate surface area is 167 Å². The van der Waals surface area contributed by atoms with Crippen LogP contribution in [0.4, 0.5) is 5.69 Å². The predicted molar refractivity (Wildman–Crippen MR) is 110 cm³/mol. The summed E-state index contributed by atoms with van der Waals surface area (Å²) in [6.45, 7) is 1.45. The second-order valence-electron chi connectivity index (χ2n) is 6.36. The van der Waals surface area contributed by atoms with Crippen LogP contribution in [-0.2, 0) is 4.79 Å². The lowest BCUT2D eigenvalue weighted by atomic mass is 10.1. The zero-order valence-electron chi connectivity index (χ0n) is 15.1. The molecule has 0 radical (unpaired) electrons. The number of benzene rings is 3. The van der Waals surface area contributed by atoms with Crippen molar-refractivity contribution in [1.29, 1.82) is 0 Å². The van der Waals surface area contributed by atoms with Crippen molar-refractivity contribution in [2.75, 3.05) is 4.90 Å². The number of para-hydroxylation sites is 1. The van der Waals surface area contributed by atoms with Crippen molar-refractivity contribution in [3.05, 3.63) is 94.6 Å². The van der Waals surface area contributed by atoms with Crippen LogP contribution in [-0.4, -0.2) is 11.7 Å². The lowest BCUT2D eigenvalue weighted by Crippen LogP contribution is -2.25. The molecule has 1 heterocycles. The van der Waals surface area contributed by atoms with Crippen LogP contribution < -0.4 is 9.64 Å². The Morgan fingerprint density at radius 2 is 1.54 bits per heavy atom. The zero-order chi connectivity index (χ0) is 19.7. The molecule has 0 aliphatic carbocycles. The number of amides is 1. The maximum atomic E-state index is 12.8. The molecule has 1 aliphatic rings. The fourth-order valence-electron chi connectivity index (χ4n) is 3.13. The molecule has 1 amide bonds. The van der Waals surface area contributed by atoms with Crippen molar-refractivity contribution in [2.45, 2.75) is 6.92 Å². The van der Waals surface area contributed by atoms with Crippen LogP contribution in [0.15, 0.2) is 78.5 Å². The van der Waals surface area contributed by atoms with E-state index in [-0.39, 0.29) is 11.7 Å². The van der Waals surface area contributed by atoms with Crippen molar-refractivity contribution in [1.82, 2.24) is 0 Å². The van der Waals surface area contributed by atoms with Gasteiger partial charge in [-0.2, -0.15) is 0 Å². The summed E-state index contributed by atoms with van der Waals surface area (Å²) in [6, 6.07) is 21.5. The number of ketones is 1. The highest BCUT2D eigenvalue weighted by atomic mass is 35.5. The number of hydrogen-bond acceptors (Lipinski definition) is 3. The Morgan fingerprint density at radius 1 is 0.929 bits per heavy atom. The van der Waals surface area contributed by atoms with Crippen molar-refractivity contribution in [3.63, 3.8) is 0 Å². The molecular formula is C23H16ClNO3. The van der Waals surface area contributed by atoms with Gasteiger partial charge >= 0.3 is 0 Å². The molecule has 4 rings (SSSR count). The van der Waals surface area contributed by atoms with Gasteiger partial charge in [0.25, 0.3) is 0 Å². The van der Waals surface area contributed by atoms with Crippen LogP contribution in [0.5, 0.6) is 11.5 Å². The Hall–Kier alpha value is -3.37. The number of carbonyl (C=O) groups is 2. The van der Waals surface area contributed by atoms with E-state index >= 15 is 0 Å². The van der Waals surface area contributed by atoms with Crippen molar-refractivity contribution in [2.24, 2.45) is 0 Å². The Bertz CT molecular complexity index is 1090. The van der Waals surface area contributed by atoms with Crippen LogP contribution in [0.2, 0.25) is 5.02 Å². The fourth-order valence-corrected chi connectivity index (χ4v) is 3.25. The number of nitrogens with zero attached hydrogens (tertiary/aromatic N) is 1. The van der Waals surface area contributed by atoms with Gasteiger partial charge < -0.3 is 4.74 Å². The van der Waals surface area contributed by atoms with Crippen molar-refractivity contribution in [3.8, 4) is 11.5 Å². The number of ether oxygens (including phenoxy) is 1. The number of fused-ring (bicyclic) bond motifs is 1. The summed E-state index contributed by atoms with van der Waals surface area (Å²) in [5, 5.41) is 0.645. The number of hydrogen-bond donors (Lipinski definition) is 0. The van der Waals surface area contributed by atoms with Gasteiger partial charge in [-0.05, 0) is 60.2 Å². The van der Waals surface area contributed by atoms with Gasteiger partial charge in [-0.15, -0.1) is 0 Å². The smallest absolute Gasteiger partial charge is 0.228 e. The van der Waals surface area contributed by atoms with E-state index in [9.17, 15) is 9.59 Å². The highest BCUT2D eigenvalue weighted by Crippen LogP contribution is 2.35. The molecule has 0 atom stereocenters. The molecule has 1 aliphatic heterocycles. The fraction of sp³-hybridized carbons (Fsp3) is 0.0435. The molecule has 138 valence electrons. The molecular weight excluding hydrogens is 374 g/mol. The molecule has 0 bridgehead atoms. The molecule has 0 fully saturated rings. The normalized spacial score (nSPS) is 14.3. The van der Waals surface area contributed by atoms with E-state index in [0.29, 0.717) is 33.5 Å². The van der Waals surface area contributed by atoms with Gasteiger partial charge in [0, 0.05) is 17.5 Å². The third-order valence-electron chi connectivity index (χ3n) is 4.41. The first-order valence-electron chi connectivity index (χ1n) is 8.72. The third kappa shape index (κ3) is 3.42. The lowest BCUT2D eigenvalue weighted by Gasteiger charge is -2.16. The zero-order valence-corrected chi connectivity index (χ0v) is 15.8. The summed E-state index contributed by atoms with van der Waals surface area (Å²) in [5.74, 6) is 0.980. The molecule has 28 heavy (non-hydrogen) atoms. The van der Waals surface area contributed by atoms with E-state index in [1.807, 2.05) is 30.3 Å². The van der Waals surface area contributed by atoms with Crippen LogP contribution in [0, 0.1) is 0 Å². The molecule has 0 saturated heterocycles. The summed E-state index contributed by atoms with van der Waals surface area (Å²) in [4.78, 5) is 26.3. The van der Waals surface area contributed by atoms with Gasteiger partial charge in [-0.3, -0.25) is 14.5 Å². The average Bonchev–Trinajstić information content (AvgIpc) is 2.97. The first-order valence-corrected chi connectivity index (χ1v) is 9.10. The van der Waals surface area contributed by atoms with E-state index in [0.717, 1.165) is 5.56 Å². The van der Waals surface area contributed by atoms with E-state index in [4.69, 9.17) is 16.3 Å². The number of halogens is 1. The molecule has 0 N–H and O–H groups in total. The van der Waals surface area contributed by atoms with Gasteiger partial charge in [0.05, 0.1) is 11.4 Å². The highest BCUT2D eigenvalue weighted by Gasteiger charge is 2.34. The number of carbonyl (C=O) groups excluding carboxylic acids is 2. The second-order valence-corrected chi connectivity index (χ2v) is 6.79. The van der Waals surface area contributed by atoms with Gasteiger partial charge in [0.1, 0.15) is 11.5 Å². The Morgan fingerprint density at radius 3 is 2.18 bits per heavy atom. The summed E-state index contributed by atoms with van der Waals surface area (Å²) >= 11 is 5.88. The molecule has 0 saturated carbocycles. The monoisotopic (exact) mass is 389 g/mol. The Kier molecular flexibility index (Phi) is 4.72. The van der Waals surface area contributed by atoms with Crippen LogP contribution in [0.25, 0.3) is 6.08 Å². The van der Waals surface area contributed by atoms with E-state index < -0.39 is 0 Å². The first kappa shape index (κ1) is 18.0. The molecule has 3 aromatic rings. The maximum Gasteiger partial charge on any atom is 0.228 e. The molecule has 0 spiro atoms. The van der Waals surface area contributed by atoms with Crippen LogP contribution in [0.1, 0.15) is 22.8 Å². The summed E-state index contributed by atoms with van der Waals surface area (Å²) in [6.07, 6.45) is 1.72. The molecule has 4 nitrogen and oxygen atoms in total. The van der Waals surface area contributed by atoms with Gasteiger partial charge in [0.15, 0.2) is 0 Å². The summed E-state index contributed by atoms with van der Waals surface area (Å²) in [7, 11) is 0. The minimum absolute atomic E-state index is 0.160. The van der Waals surface area contributed by atoms with Crippen molar-refractivity contribution >= 4 is 35.1 Å². The third-order valence-corrected chi connectivity index (χ3v) is 4.66.